The van der Waals surface area contributed by atoms with Crippen molar-refractivity contribution in [1.82, 2.24) is 0 Å². The summed E-state index contributed by atoms with van der Waals surface area (Å²) < 4.78 is 0. The van der Waals surface area contributed by atoms with Crippen molar-refractivity contribution in [3.63, 3.8) is 0 Å². The minimum atomic E-state index is -0.729. The van der Waals surface area contributed by atoms with Crippen LogP contribution in [0.5, 0.6) is 11.5 Å². The van der Waals surface area contributed by atoms with E-state index in [1.54, 1.807) is 0 Å². The van der Waals surface area contributed by atoms with E-state index in [4.69, 9.17) is 79.8 Å². The van der Waals surface area contributed by atoms with Crippen LogP contribution in [0.1, 0.15) is 0 Å². The molecule has 0 aromatic heterocycles. The zero-order valence-corrected chi connectivity index (χ0v) is 18.8. The minimum Gasteiger partial charge on any atom is -0.508 e. The lowest BCUT2D eigenvalue weighted by Gasteiger charge is -2.08. The largest absolute Gasteiger partial charge is 0.508 e. The van der Waals surface area contributed by atoms with Crippen molar-refractivity contribution in [2.75, 3.05) is 0 Å². The lowest BCUT2D eigenvalue weighted by atomic mass is 10.1. The molecule has 1 aromatic carbocycles. The van der Waals surface area contributed by atoms with E-state index >= 15 is 0 Å². The second-order valence-electron chi connectivity index (χ2n) is 5.14. The third kappa shape index (κ3) is 7.16. The van der Waals surface area contributed by atoms with Gasteiger partial charge in [-0.15, -0.1) is 0 Å². The van der Waals surface area contributed by atoms with E-state index in [0.29, 0.717) is 0 Å². The zero-order chi connectivity index (χ0) is 23.2. The van der Waals surface area contributed by atoms with Gasteiger partial charge in [0.15, 0.2) is 11.6 Å². The average Bonchev–Trinajstić information content (AvgIpc) is 2.70. The molecule has 0 saturated carbocycles. The van der Waals surface area contributed by atoms with Gasteiger partial charge in [-0.1, -0.05) is 69.6 Å². The van der Waals surface area contributed by atoms with Crippen LogP contribution in [0.25, 0.3) is 0 Å². The molecule has 0 saturated heterocycles. The van der Waals surface area contributed by atoms with Crippen LogP contribution in [0.2, 0.25) is 5.02 Å². The smallest absolute Gasteiger partial charge is 0.219 e. The Bertz CT molecular complexity index is 989. The van der Waals surface area contributed by atoms with E-state index < -0.39 is 31.7 Å². The molecule has 0 fully saturated rings. The number of benzene rings is 1. The molecule has 6 nitrogen and oxygen atoms in total. The maximum atomic E-state index is 11.0. The van der Waals surface area contributed by atoms with Gasteiger partial charge in [0.1, 0.15) is 31.6 Å². The van der Waals surface area contributed by atoms with E-state index in [0.717, 1.165) is 12.2 Å². The first kappa shape index (κ1) is 26.2. The Morgan fingerprint density at radius 2 is 1.13 bits per heavy atom. The summed E-state index contributed by atoms with van der Waals surface area (Å²) in [5.41, 5.74) is 0. The molecule has 0 spiro atoms. The van der Waals surface area contributed by atoms with Crippen molar-refractivity contribution in [2.45, 2.75) is 0 Å². The molecule has 0 heterocycles. The lowest BCUT2D eigenvalue weighted by Crippen LogP contribution is -2.14. The highest BCUT2D eigenvalue weighted by molar-refractivity contribution is 6.69. The predicted molar refractivity (Wildman–Crippen MR) is 115 cm³/mol. The van der Waals surface area contributed by atoms with E-state index in [9.17, 15) is 19.2 Å². The number of hydrogen-bond acceptors (Lipinski definition) is 6. The number of ketones is 4. The van der Waals surface area contributed by atoms with Gasteiger partial charge in [-0.05, 0) is 24.3 Å². The van der Waals surface area contributed by atoms with Crippen LogP contribution in [0.15, 0.2) is 61.6 Å². The monoisotopic (exact) mass is 530 g/mol. The van der Waals surface area contributed by atoms with Crippen LogP contribution in [-0.2, 0) is 19.2 Å². The van der Waals surface area contributed by atoms with Gasteiger partial charge in [-0.25, -0.2) is 0 Å². The molecule has 158 valence electrons. The number of hydrogen-bond donors (Lipinski definition) is 2. The molecule has 2 N–H and O–H groups in total. The summed E-state index contributed by atoms with van der Waals surface area (Å²) in [5, 5.41) is 16.1. The highest BCUT2D eigenvalue weighted by Gasteiger charge is 2.31. The third-order valence-corrected chi connectivity index (χ3v) is 5.25. The number of phenolic OH excluding ortho intramolecular Hbond substituents is 2. The first-order valence-electron chi connectivity index (χ1n) is 7.37. The van der Waals surface area contributed by atoms with Crippen LogP contribution in [-0.4, -0.2) is 33.3 Å². The van der Waals surface area contributed by atoms with Gasteiger partial charge < -0.3 is 10.2 Å². The van der Waals surface area contributed by atoms with Crippen molar-refractivity contribution in [3.05, 3.63) is 66.6 Å². The second kappa shape index (κ2) is 11.6. The quantitative estimate of drug-likeness (QED) is 0.356. The summed E-state index contributed by atoms with van der Waals surface area (Å²) in [6.45, 7) is 0. The van der Waals surface area contributed by atoms with Crippen LogP contribution < -0.4 is 0 Å². The fraction of sp³-hybridized carbons (Fsp3) is 0. The number of halogens is 6. The highest BCUT2D eigenvalue weighted by atomic mass is 35.5. The average molecular weight is 533 g/mol. The summed E-state index contributed by atoms with van der Waals surface area (Å²) >= 11 is 32.2. The molecule has 12 heteroatoms. The summed E-state index contributed by atoms with van der Waals surface area (Å²) in [6, 6.07) is 3.97. The molecule has 1 aromatic rings. The first-order chi connectivity index (χ1) is 13.9. The van der Waals surface area contributed by atoms with Gasteiger partial charge in [0.25, 0.3) is 0 Å². The van der Waals surface area contributed by atoms with Gasteiger partial charge in [-0.2, -0.15) is 0 Å². The maximum absolute atomic E-state index is 11.0. The Balaban J connectivity index is 0.000000229. The fourth-order valence-electron chi connectivity index (χ4n) is 1.57. The first-order valence-corrected chi connectivity index (χ1v) is 9.64. The number of rotatable bonds is 0. The Kier molecular flexibility index (Phi) is 10.1. The Hall–Kier alpha value is -1.80. The topological polar surface area (TPSA) is 109 Å². The molecule has 0 bridgehead atoms. The van der Waals surface area contributed by atoms with Crippen molar-refractivity contribution in [3.8, 4) is 11.5 Å². The van der Waals surface area contributed by atoms with E-state index in [-0.39, 0.29) is 33.1 Å². The SMILES string of the molecule is O=C1C(Cl)=C(Cl)C(=O)C(Cl)=C1Cl.O=C1C=CC(=O)C(Cl)=C1.Oc1ccc(O)c(Cl)c1. The molecule has 0 radical (unpaired) electrons. The summed E-state index contributed by atoms with van der Waals surface area (Å²) in [6.07, 6.45) is 3.45. The van der Waals surface area contributed by atoms with Crippen molar-refractivity contribution < 1.29 is 29.4 Å². The summed E-state index contributed by atoms with van der Waals surface area (Å²) in [5.74, 6) is -1.97. The molecule has 2 aliphatic rings. The predicted octanol–water partition coefficient (Wildman–Crippen LogP) is 5.08. The normalized spacial score (nSPS) is 16.0. The van der Waals surface area contributed by atoms with Crippen molar-refractivity contribution in [2.24, 2.45) is 0 Å². The molecular formula is C18H8Cl6O6. The number of allylic oxidation sites excluding steroid dienone is 8. The lowest BCUT2D eigenvalue weighted by molar-refractivity contribution is -0.114. The van der Waals surface area contributed by atoms with Gasteiger partial charge in [0.2, 0.25) is 11.6 Å². The number of phenols is 2. The number of Topliss-reactive ketones (excluding diaryl/α,β-unsaturated/α-hetero) is 2. The molecule has 3 rings (SSSR count). The van der Waals surface area contributed by atoms with Crippen LogP contribution in [0.3, 0.4) is 0 Å². The number of carbonyl (C=O) groups is 4. The van der Waals surface area contributed by atoms with Crippen molar-refractivity contribution >= 4 is 92.7 Å². The van der Waals surface area contributed by atoms with Gasteiger partial charge in [0, 0.05) is 12.1 Å². The Labute approximate surface area is 199 Å². The Morgan fingerprint density at radius 3 is 1.47 bits per heavy atom. The third-order valence-electron chi connectivity index (χ3n) is 3.02. The molecule has 0 atom stereocenters. The Morgan fingerprint density at radius 1 is 0.667 bits per heavy atom. The van der Waals surface area contributed by atoms with Crippen molar-refractivity contribution in [1.29, 1.82) is 0 Å². The highest BCUT2D eigenvalue weighted by Crippen LogP contribution is 2.32. The molecule has 0 aliphatic heterocycles. The number of carbonyl (C=O) groups excluding carboxylic acids is 4. The van der Waals surface area contributed by atoms with Crippen LogP contribution in [0, 0.1) is 0 Å². The van der Waals surface area contributed by atoms with Gasteiger partial charge >= 0.3 is 0 Å². The van der Waals surface area contributed by atoms with E-state index in [1.807, 2.05) is 0 Å². The van der Waals surface area contributed by atoms with Crippen LogP contribution >= 0.6 is 69.6 Å². The van der Waals surface area contributed by atoms with E-state index in [2.05, 4.69) is 0 Å². The second-order valence-corrected chi connectivity index (χ2v) is 7.47. The standard InChI is InChI=1S/C6Cl4O2.C6H5ClO2.C6H3ClO2/c7-1-2(8)6(12)4(10)3(9)5(1)11;2*7-5-3-4(8)1-2-6(5)9/h;1-3,8-9H;1-3H. The number of aromatic hydroxyl groups is 2. The fourth-order valence-corrected chi connectivity index (χ4v) is 2.73. The zero-order valence-electron chi connectivity index (χ0n) is 14.3. The van der Waals surface area contributed by atoms with Gasteiger partial charge in [-0.3, -0.25) is 19.2 Å². The van der Waals surface area contributed by atoms with Crippen LogP contribution in [0.4, 0.5) is 0 Å². The summed E-state index contributed by atoms with van der Waals surface area (Å²) in [4.78, 5) is 42.9. The summed E-state index contributed by atoms with van der Waals surface area (Å²) in [7, 11) is 0. The molecule has 2 aliphatic carbocycles. The molecule has 30 heavy (non-hydrogen) atoms. The molecule has 0 unspecified atom stereocenters. The maximum Gasteiger partial charge on any atom is 0.219 e. The van der Waals surface area contributed by atoms with E-state index in [1.165, 1.54) is 24.3 Å². The minimum absolute atomic E-state index is 0.0116. The molecular weight excluding hydrogens is 525 g/mol. The molecule has 0 amide bonds. The van der Waals surface area contributed by atoms with Gasteiger partial charge in [0.05, 0.1) is 10.1 Å².